The summed E-state index contributed by atoms with van der Waals surface area (Å²) in [6, 6.07) is 3.85. The Labute approximate surface area is 181 Å². The van der Waals surface area contributed by atoms with Crippen molar-refractivity contribution in [2.24, 2.45) is 0 Å². The van der Waals surface area contributed by atoms with Crippen molar-refractivity contribution < 1.29 is 4.74 Å². The highest BCUT2D eigenvalue weighted by Gasteiger charge is 2.24. The van der Waals surface area contributed by atoms with Gasteiger partial charge in [-0.25, -0.2) is 29.9 Å². The van der Waals surface area contributed by atoms with Gasteiger partial charge in [-0.1, -0.05) is 20.8 Å². The third-order valence-corrected chi connectivity index (χ3v) is 5.06. The molecular weight excluding hydrogens is 394 g/mol. The van der Waals surface area contributed by atoms with Crippen molar-refractivity contribution in [1.29, 1.82) is 0 Å². The average Bonchev–Trinajstić information content (AvgIpc) is 2.78. The number of nitrogen functional groups attached to an aromatic ring is 1. The molecule has 0 atom stereocenters. The molecule has 3 aromatic heterocycles. The van der Waals surface area contributed by atoms with Crippen LogP contribution in [-0.2, 0) is 12.0 Å². The van der Waals surface area contributed by atoms with E-state index in [0.29, 0.717) is 11.6 Å². The van der Waals surface area contributed by atoms with Gasteiger partial charge in [-0.15, -0.1) is 0 Å². The van der Waals surface area contributed by atoms with Gasteiger partial charge in [0.15, 0.2) is 5.82 Å². The summed E-state index contributed by atoms with van der Waals surface area (Å²) < 4.78 is 5.90. The van der Waals surface area contributed by atoms with Crippen molar-refractivity contribution in [1.82, 2.24) is 29.9 Å². The van der Waals surface area contributed by atoms with Gasteiger partial charge in [0.25, 0.3) is 5.88 Å². The number of ether oxygens (including phenoxy) is 1. The number of aromatic nitrogens is 6. The quantitative estimate of drug-likeness (QED) is 0.653. The smallest absolute Gasteiger partial charge is 0.258 e. The Balaban J connectivity index is 1.42. The van der Waals surface area contributed by atoms with Crippen LogP contribution in [0.25, 0.3) is 0 Å². The van der Waals surface area contributed by atoms with E-state index in [0.717, 1.165) is 43.5 Å². The molecule has 0 aliphatic carbocycles. The van der Waals surface area contributed by atoms with E-state index in [9.17, 15) is 0 Å². The van der Waals surface area contributed by atoms with E-state index >= 15 is 0 Å². The Bertz CT molecular complexity index is 1030. The number of nitrogens with two attached hydrogens (primary N) is 1. The van der Waals surface area contributed by atoms with Crippen LogP contribution < -0.4 is 20.3 Å². The fraction of sp³-hybridized carbons (Fsp3) is 0.429. The maximum absolute atomic E-state index is 5.90. The predicted molar refractivity (Wildman–Crippen MR) is 118 cm³/mol. The second-order valence-corrected chi connectivity index (χ2v) is 8.37. The predicted octanol–water partition coefficient (Wildman–Crippen LogP) is 1.84. The third-order valence-electron chi connectivity index (χ3n) is 5.06. The minimum atomic E-state index is -0.0142. The minimum absolute atomic E-state index is 0.0142. The summed E-state index contributed by atoms with van der Waals surface area (Å²) in [5, 5.41) is 0. The van der Waals surface area contributed by atoms with Crippen LogP contribution in [0.4, 0.5) is 17.6 Å². The Morgan fingerprint density at radius 1 is 0.935 bits per heavy atom. The first-order chi connectivity index (χ1) is 14.9. The molecule has 1 fully saturated rings. The highest BCUT2D eigenvalue weighted by Crippen LogP contribution is 2.27. The number of piperazine rings is 1. The monoisotopic (exact) mass is 421 g/mol. The fourth-order valence-corrected chi connectivity index (χ4v) is 3.35. The van der Waals surface area contributed by atoms with Crippen molar-refractivity contribution in [3.05, 3.63) is 48.4 Å². The molecule has 0 bridgehead atoms. The van der Waals surface area contributed by atoms with Crippen molar-refractivity contribution in [3.63, 3.8) is 0 Å². The summed E-state index contributed by atoms with van der Waals surface area (Å²) in [7, 11) is 0. The lowest BCUT2D eigenvalue weighted by molar-refractivity contribution is 0.288. The first kappa shape index (κ1) is 20.7. The molecule has 0 spiro atoms. The largest absolute Gasteiger partial charge is 0.469 e. The van der Waals surface area contributed by atoms with E-state index in [1.807, 2.05) is 0 Å². The molecule has 1 aliphatic heterocycles. The van der Waals surface area contributed by atoms with Gasteiger partial charge in [0, 0.05) is 56.3 Å². The van der Waals surface area contributed by atoms with Crippen LogP contribution in [0.5, 0.6) is 5.88 Å². The molecule has 0 radical (unpaired) electrons. The minimum Gasteiger partial charge on any atom is -0.469 e. The standard InChI is InChI=1S/C21H27N9O/c1-21(2,3)16-12-17(27-14-26-16)29-8-10-30(11-9-29)18-19(24-7-6-23-18)31-13-15-4-5-25-20(22)28-15/h4-7,12,14H,8-11,13H2,1-3H3,(H2,22,25,28). The zero-order valence-corrected chi connectivity index (χ0v) is 18.1. The number of hydrogen-bond acceptors (Lipinski definition) is 10. The summed E-state index contributed by atoms with van der Waals surface area (Å²) >= 11 is 0. The molecule has 0 amide bonds. The van der Waals surface area contributed by atoms with Crippen LogP contribution in [0.1, 0.15) is 32.2 Å². The van der Waals surface area contributed by atoms with Gasteiger partial charge in [-0.3, -0.25) is 0 Å². The van der Waals surface area contributed by atoms with Crippen molar-refractivity contribution >= 4 is 17.6 Å². The number of hydrogen-bond donors (Lipinski definition) is 1. The molecular formula is C21H27N9O. The molecule has 0 unspecified atom stereocenters. The van der Waals surface area contributed by atoms with E-state index in [-0.39, 0.29) is 18.0 Å². The molecule has 1 saturated heterocycles. The summed E-state index contributed by atoms with van der Waals surface area (Å²) in [4.78, 5) is 30.3. The summed E-state index contributed by atoms with van der Waals surface area (Å²) in [6.45, 7) is 9.91. The fourth-order valence-electron chi connectivity index (χ4n) is 3.35. The van der Waals surface area contributed by atoms with Gasteiger partial charge in [0.1, 0.15) is 18.8 Å². The van der Waals surface area contributed by atoms with Crippen molar-refractivity contribution in [3.8, 4) is 5.88 Å². The lowest BCUT2D eigenvalue weighted by Crippen LogP contribution is -2.47. The summed E-state index contributed by atoms with van der Waals surface area (Å²) in [5.41, 5.74) is 7.35. The molecule has 10 nitrogen and oxygen atoms in total. The highest BCUT2D eigenvalue weighted by molar-refractivity contribution is 5.50. The molecule has 2 N–H and O–H groups in total. The van der Waals surface area contributed by atoms with Gasteiger partial charge in [0.2, 0.25) is 5.95 Å². The average molecular weight is 422 g/mol. The normalized spacial score (nSPS) is 14.5. The first-order valence-electron chi connectivity index (χ1n) is 10.2. The highest BCUT2D eigenvalue weighted by atomic mass is 16.5. The van der Waals surface area contributed by atoms with Gasteiger partial charge >= 0.3 is 0 Å². The van der Waals surface area contributed by atoms with Crippen molar-refractivity contribution in [2.45, 2.75) is 32.8 Å². The molecule has 4 heterocycles. The molecule has 1 aliphatic rings. The van der Waals surface area contributed by atoms with Gasteiger partial charge in [-0.2, -0.15) is 0 Å². The molecule has 162 valence electrons. The maximum atomic E-state index is 5.90. The van der Waals surface area contributed by atoms with Crippen molar-refractivity contribution in [2.75, 3.05) is 41.7 Å². The molecule has 3 aromatic rings. The molecule has 0 saturated carbocycles. The maximum Gasteiger partial charge on any atom is 0.258 e. The van der Waals surface area contributed by atoms with Gasteiger partial charge in [-0.05, 0) is 6.07 Å². The zero-order valence-electron chi connectivity index (χ0n) is 18.1. The van der Waals surface area contributed by atoms with Crippen LogP contribution in [0.2, 0.25) is 0 Å². The van der Waals surface area contributed by atoms with Crippen LogP contribution in [0.15, 0.2) is 37.1 Å². The Kier molecular flexibility index (Phi) is 5.79. The second-order valence-electron chi connectivity index (χ2n) is 8.37. The van der Waals surface area contributed by atoms with E-state index in [4.69, 9.17) is 10.5 Å². The Hall–Kier alpha value is -3.56. The second kappa shape index (κ2) is 8.66. The van der Waals surface area contributed by atoms with Crippen LogP contribution in [0, 0.1) is 0 Å². The first-order valence-corrected chi connectivity index (χ1v) is 10.2. The summed E-state index contributed by atoms with van der Waals surface area (Å²) in [5.74, 6) is 2.37. The number of rotatable bonds is 5. The lowest BCUT2D eigenvalue weighted by Gasteiger charge is -2.36. The number of anilines is 3. The SMILES string of the molecule is CC(C)(C)c1cc(N2CCN(c3nccnc3OCc3ccnc(N)n3)CC2)ncn1. The van der Waals surface area contributed by atoms with E-state index in [1.54, 1.807) is 31.0 Å². The molecule has 0 aromatic carbocycles. The lowest BCUT2D eigenvalue weighted by atomic mass is 9.92. The third kappa shape index (κ3) is 4.96. The van der Waals surface area contributed by atoms with E-state index in [2.05, 4.69) is 66.5 Å². The summed E-state index contributed by atoms with van der Waals surface area (Å²) in [6.07, 6.45) is 6.56. The van der Waals surface area contributed by atoms with Crippen LogP contribution >= 0.6 is 0 Å². The van der Waals surface area contributed by atoms with E-state index in [1.165, 1.54) is 0 Å². The molecule has 4 rings (SSSR count). The van der Waals surface area contributed by atoms with Gasteiger partial charge in [0.05, 0.1) is 11.4 Å². The zero-order chi connectivity index (χ0) is 21.8. The Morgan fingerprint density at radius 2 is 1.68 bits per heavy atom. The Morgan fingerprint density at radius 3 is 2.42 bits per heavy atom. The van der Waals surface area contributed by atoms with Crippen LogP contribution in [0.3, 0.4) is 0 Å². The molecule has 10 heteroatoms. The van der Waals surface area contributed by atoms with E-state index < -0.39 is 0 Å². The topological polar surface area (TPSA) is 119 Å². The van der Waals surface area contributed by atoms with Crippen LogP contribution in [-0.4, -0.2) is 56.1 Å². The molecule has 31 heavy (non-hydrogen) atoms. The van der Waals surface area contributed by atoms with Gasteiger partial charge < -0.3 is 20.3 Å². The number of nitrogens with zero attached hydrogens (tertiary/aromatic N) is 8.